The molecule has 0 aromatic rings. The van der Waals surface area contributed by atoms with Crippen LogP contribution in [0.2, 0.25) is 0 Å². The molecule has 2 aliphatic heterocycles. The Bertz CT molecular complexity index is 274. The average Bonchev–Trinajstić information content (AvgIpc) is 2.71. The second-order valence-corrected chi connectivity index (χ2v) is 5.12. The van der Waals surface area contributed by atoms with Gasteiger partial charge in [0.15, 0.2) is 0 Å². The first-order valence-electron chi connectivity index (χ1n) is 6.29. The lowest BCUT2D eigenvalue weighted by Crippen LogP contribution is -2.69. The first-order valence-corrected chi connectivity index (χ1v) is 6.29. The minimum Gasteiger partial charge on any atom is -0.377 e. The number of hydrogen-bond donors (Lipinski definition) is 1. The van der Waals surface area contributed by atoms with Gasteiger partial charge in [-0.3, -0.25) is 4.79 Å². The molecule has 0 bridgehead atoms. The third-order valence-corrected chi connectivity index (χ3v) is 3.96. The number of ether oxygens (including phenoxy) is 1. The van der Waals surface area contributed by atoms with E-state index in [1.807, 2.05) is 4.90 Å². The molecule has 0 saturated carbocycles. The van der Waals surface area contributed by atoms with Crippen LogP contribution in [0, 0.1) is 5.92 Å². The van der Waals surface area contributed by atoms with Crippen molar-refractivity contribution in [3.05, 3.63) is 0 Å². The third-order valence-electron chi connectivity index (χ3n) is 3.96. The normalized spacial score (nSPS) is 32.6. The van der Waals surface area contributed by atoms with E-state index in [0.717, 1.165) is 39.0 Å². The molecular weight excluding hydrogens is 204 g/mol. The van der Waals surface area contributed by atoms with Crippen molar-refractivity contribution in [3.8, 4) is 0 Å². The van der Waals surface area contributed by atoms with Crippen LogP contribution in [0.15, 0.2) is 0 Å². The molecule has 4 nitrogen and oxygen atoms in total. The molecule has 2 unspecified atom stereocenters. The van der Waals surface area contributed by atoms with E-state index in [1.54, 1.807) is 0 Å². The number of likely N-dealkylation sites (tertiary alicyclic amines) is 1. The summed E-state index contributed by atoms with van der Waals surface area (Å²) in [6, 6.07) is 0. The molecule has 92 valence electrons. The lowest BCUT2D eigenvalue weighted by atomic mass is 9.86. The minimum atomic E-state index is -0.128. The lowest BCUT2D eigenvalue weighted by molar-refractivity contribution is -0.145. The van der Waals surface area contributed by atoms with Gasteiger partial charge in [0.2, 0.25) is 5.91 Å². The van der Waals surface area contributed by atoms with E-state index in [1.165, 1.54) is 0 Å². The van der Waals surface area contributed by atoms with Gasteiger partial charge in [-0.05, 0) is 19.3 Å². The van der Waals surface area contributed by atoms with Crippen LogP contribution in [-0.2, 0) is 9.53 Å². The Hall–Kier alpha value is -0.610. The van der Waals surface area contributed by atoms with E-state index in [4.69, 9.17) is 10.5 Å². The minimum absolute atomic E-state index is 0.0754. The van der Waals surface area contributed by atoms with E-state index >= 15 is 0 Å². The topological polar surface area (TPSA) is 55.6 Å². The molecule has 0 aromatic heterocycles. The zero-order valence-corrected chi connectivity index (χ0v) is 10.2. The van der Waals surface area contributed by atoms with E-state index in [2.05, 4.69) is 13.8 Å². The molecule has 2 aliphatic rings. The van der Waals surface area contributed by atoms with Crippen molar-refractivity contribution in [2.75, 3.05) is 19.7 Å². The molecule has 2 fully saturated rings. The van der Waals surface area contributed by atoms with Gasteiger partial charge in [0.25, 0.3) is 0 Å². The van der Waals surface area contributed by atoms with E-state index in [0.29, 0.717) is 0 Å². The molecule has 2 heterocycles. The van der Waals surface area contributed by atoms with Crippen molar-refractivity contribution in [3.63, 3.8) is 0 Å². The Labute approximate surface area is 97.1 Å². The first-order chi connectivity index (χ1) is 7.59. The fraction of sp³-hybridized carbons (Fsp3) is 0.917. The highest BCUT2D eigenvalue weighted by molar-refractivity contribution is 5.81. The second-order valence-electron chi connectivity index (χ2n) is 5.12. The lowest BCUT2D eigenvalue weighted by Gasteiger charge is -2.48. The standard InChI is InChI=1S/C12H22N2O2/c1-3-10-9(5-6-16-10)11(15)14-7-12(13,4-2)8-14/h9-10H,3-8,13H2,1-2H3. The van der Waals surface area contributed by atoms with Gasteiger partial charge in [-0.15, -0.1) is 0 Å². The Morgan fingerprint density at radius 1 is 1.50 bits per heavy atom. The van der Waals surface area contributed by atoms with Crippen molar-refractivity contribution >= 4 is 5.91 Å². The second kappa shape index (κ2) is 4.34. The smallest absolute Gasteiger partial charge is 0.228 e. The monoisotopic (exact) mass is 226 g/mol. The zero-order valence-electron chi connectivity index (χ0n) is 10.2. The highest BCUT2D eigenvalue weighted by Gasteiger charge is 2.44. The van der Waals surface area contributed by atoms with E-state index in [9.17, 15) is 4.79 Å². The molecule has 2 N–H and O–H groups in total. The summed E-state index contributed by atoms with van der Waals surface area (Å²) in [5, 5.41) is 0. The summed E-state index contributed by atoms with van der Waals surface area (Å²) in [7, 11) is 0. The molecule has 2 saturated heterocycles. The van der Waals surface area contributed by atoms with Crippen molar-refractivity contribution in [2.24, 2.45) is 11.7 Å². The summed E-state index contributed by atoms with van der Waals surface area (Å²) in [4.78, 5) is 14.1. The molecule has 2 atom stereocenters. The van der Waals surface area contributed by atoms with E-state index < -0.39 is 0 Å². The van der Waals surface area contributed by atoms with Crippen molar-refractivity contribution in [1.82, 2.24) is 4.90 Å². The number of hydrogen-bond acceptors (Lipinski definition) is 3. The number of carbonyl (C=O) groups excluding carboxylic acids is 1. The van der Waals surface area contributed by atoms with Gasteiger partial charge in [0.05, 0.1) is 17.6 Å². The molecule has 16 heavy (non-hydrogen) atoms. The van der Waals surface area contributed by atoms with Crippen LogP contribution in [0.5, 0.6) is 0 Å². The number of rotatable bonds is 3. The predicted molar refractivity (Wildman–Crippen MR) is 61.9 cm³/mol. The van der Waals surface area contributed by atoms with E-state index in [-0.39, 0.29) is 23.5 Å². The maximum absolute atomic E-state index is 12.2. The summed E-state index contributed by atoms with van der Waals surface area (Å²) in [5.41, 5.74) is 5.94. The SMILES string of the molecule is CCC1OCCC1C(=O)N1CC(N)(CC)C1. The number of nitrogens with zero attached hydrogens (tertiary/aromatic N) is 1. The summed E-state index contributed by atoms with van der Waals surface area (Å²) >= 11 is 0. The highest BCUT2D eigenvalue weighted by atomic mass is 16.5. The van der Waals surface area contributed by atoms with Gasteiger partial charge < -0.3 is 15.4 Å². The molecule has 0 aromatic carbocycles. The zero-order chi connectivity index (χ0) is 11.8. The van der Waals surface area contributed by atoms with Crippen LogP contribution in [0.1, 0.15) is 33.1 Å². The van der Waals surface area contributed by atoms with Gasteiger partial charge in [-0.1, -0.05) is 13.8 Å². The third kappa shape index (κ3) is 1.96. The highest BCUT2D eigenvalue weighted by Crippen LogP contribution is 2.30. The van der Waals surface area contributed by atoms with Crippen LogP contribution in [0.3, 0.4) is 0 Å². The summed E-state index contributed by atoms with van der Waals surface area (Å²) in [5.74, 6) is 0.324. The fourth-order valence-corrected chi connectivity index (χ4v) is 2.66. The van der Waals surface area contributed by atoms with Crippen LogP contribution in [0.25, 0.3) is 0 Å². The number of carbonyl (C=O) groups is 1. The number of amides is 1. The van der Waals surface area contributed by atoms with Crippen molar-refractivity contribution in [1.29, 1.82) is 0 Å². The van der Waals surface area contributed by atoms with Gasteiger partial charge in [0.1, 0.15) is 0 Å². The predicted octanol–water partition coefficient (Wildman–Crippen LogP) is 0.751. The molecule has 4 heteroatoms. The Kier molecular flexibility index (Phi) is 3.22. The maximum atomic E-state index is 12.2. The van der Waals surface area contributed by atoms with Crippen LogP contribution in [0.4, 0.5) is 0 Å². The fourth-order valence-electron chi connectivity index (χ4n) is 2.66. The Morgan fingerprint density at radius 3 is 2.75 bits per heavy atom. The molecule has 0 aliphatic carbocycles. The molecule has 1 amide bonds. The number of nitrogens with two attached hydrogens (primary N) is 1. The van der Waals surface area contributed by atoms with Crippen molar-refractivity contribution in [2.45, 2.75) is 44.8 Å². The molecule has 0 radical (unpaired) electrons. The van der Waals surface area contributed by atoms with Gasteiger partial charge in [-0.2, -0.15) is 0 Å². The van der Waals surface area contributed by atoms with Gasteiger partial charge in [-0.25, -0.2) is 0 Å². The molecular formula is C12H22N2O2. The van der Waals surface area contributed by atoms with Crippen LogP contribution >= 0.6 is 0 Å². The quantitative estimate of drug-likeness (QED) is 0.772. The van der Waals surface area contributed by atoms with Crippen LogP contribution in [-0.4, -0.2) is 42.1 Å². The average molecular weight is 226 g/mol. The first kappa shape index (κ1) is 11.9. The summed E-state index contributed by atoms with van der Waals surface area (Å²) in [6.07, 6.45) is 2.86. The summed E-state index contributed by atoms with van der Waals surface area (Å²) in [6.45, 7) is 6.32. The molecule has 0 spiro atoms. The summed E-state index contributed by atoms with van der Waals surface area (Å²) < 4.78 is 5.55. The maximum Gasteiger partial charge on any atom is 0.228 e. The molecule has 2 rings (SSSR count). The Morgan fingerprint density at radius 2 is 2.19 bits per heavy atom. The van der Waals surface area contributed by atoms with Crippen molar-refractivity contribution < 1.29 is 9.53 Å². The van der Waals surface area contributed by atoms with Gasteiger partial charge >= 0.3 is 0 Å². The van der Waals surface area contributed by atoms with Gasteiger partial charge in [0, 0.05) is 19.7 Å². The largest absolute Gasteiger partial charge is 0.377 e. The van der Waals surface area contributed by atoms with Crippen LogP contribution < -0.4 is 5.73 Å². The Balaban J connectivity index is 1.90.